The zero-order valence-electron chi connectivity index (χ0n) is 10.8. The molecule has 0 fully saturated rings. The van der Waals surface area contributed by atoms with E-state index in [0.717, 1.165) is 11.8 Å². The molecule has 0 aliphatic heterocycles. The lowest BCUT2D eigenvalue weighted by molar-refractivity contribution is -0.385. The summed E-state index contributed by atoms with van der Waals surface area (Å²) in [6.45, 7) is 1.87. The Labute approximate surface area is 133 Å². The molecule has 108 valence electrons. The fourth-order valence-corrected chi connectivity index (χ4v) is 2.18. The van der Waals surface area contributed by atoms with Crippen LogP contribution in [0.3, 0.4) is 0 Å². The quantitative estimate of drug-likeness (QED) is 0.503. The number of hydrogen-bond donors (Lipinski definition) is 1. The number of aromatic nitrogens is 1. The fourth-order valence-electron chi connectivity index (χ4n) is 1.67. The molecule has 0 unspecified atom stereocenters. The van der Waals surface area contributed by atoms with Gasteiger partial charge in [-0.1, -0.05) is 17.7 Å². The number of pyridine rings is 1. The van der Waals surface area contributed by atoms with Crippen LogP contribution in [0, 0.1) is 17.0 Å². The van der Waals surface area contributed by atoms with Gasteiger partial charge in [0.05, 0.1) is 10.6 Å². The molecule has 1 N–H and O–H groups in total. The summed E-state index contributed by atoms with van der Waals surface area (Å²) in [4.78, 5) is 26.1. The Morgan fingerprint density at radius 3 is 2.81 bits per heavy atom. The van der Waals surface area contributed by atoms with Gasteiger partial charge in [0, 0.05) is 4.47 Å². The third-order valence-corrected chi connectivity index (χ3v) is 3.56. The van der Waals surface area contributed by atoms with Gasteiger partial charge in [-0.15, -0.1) is 0 Å². The lowest BCUT2D eigenvalue weighted by atomic mass is 10.2. The van der Waals surface area contributed by atoms with Crippen molar-refractivity contribution in [2.45, 2.75) is 6.92 Å². The number of nitrogens with one attached hydrogen (secondary N) is 1. The standard InChI is InChI=1S/C13H9BrClN3O3/c1-7-2-3-9(14)10(4-7)17-13(19)8-5-12(15)16-6-11(8)18(20)21/h2-6H,1H3,(H,17,19). The average Bonchev–Trinajstić information content (AvgIpc) is 2.42. The summed E-state index contributed by atoms with van der Waals surface area (Å²) >= 11 is 9.01. The molecule has 1 aromatic carbocycles. The van der Waals surface area contributed by atoms with Gasteiger partial charge in [-0.3, -0.25) is 14.9 Å². The summed E-state index contributed by atoms with van der Waals surface area (Å²) in [6.07, 6.45) is 0.961. The van der Waals surface area contributed by atoms with Crippen LogP contribution in [0.5, 0.6) is 0 Å². The second-order valence-corrected chi connectivity index (χ2v) is 5.46. The van der Waals surface area contributed by atoms with Gasteiger partial charge in [0.2, 0.25) is 0 Å². The number of anilines is 1. The molecule has 21 heavy (non-hydrogen) atoms. The molecule has 0 saturated heterocycles. The first-order valence-corrected chi connectivity index (χ1v) is 6.93. The first-order chi connectivity index (χ1) is 9.88. The van der Waals surface area contributed by atoms with Gasteiger partial charge >= 0.3 is 0 Å². The van der Waals surface area contributed by atoms with Crippen LogP contribution >= 0.6 is 27.5 Å². The van der Waals surface area contributed by atoms with E-state index in [2.05, 4.69) is 26.2 Å². The molecule has 6 nitrogen and oxygen atoms in total. The molecule has 1 heterocycles. The number of carbonyl (C=O) groups is 1. The topological polar surface area (TPSA) is 85.1 Å². The van der Waals surface area contributed by atoms with E-state index in [1.54, 1.807) is 12.1 Å². The number of halogens is 2. The molecular formula is C13H9BrClN3O3. The number of rotatable bonds is 3. The first-order valence-electron chi connectivity index (χ1n) is 5.76. The summed E-state index contributed by atoms with van der Waals surface area (Å²) < 4.78 is 0.671. The normalized spacial score (nSPS) is 10.2. The van der Waals surface area contributed by atoms with Crippen molar-refractivity contribution in [1.82, 2.24) is 4.98 Å². The highest BCUT2D eigenvalue weighted by Gasteiger charge is 2.22. The van der Waals surface area contributed by atoms with Crippen molar-refractivity contribution >= 4 is 44.8 Å². The van der Waals surface area contributed by atoms with Gasteiger partial charge in [0.25, 0.3) is 11.6 Å². The smallest absolute Gasteiger partial charge is 0.300 e. The molecule has 0 spiro atoms. The number of nitrogens with zero attached hydrogens (tertiary/aromatic N) is 2. The second kappa shape index (κ2) is 6.19. The Morgan fingerprint density at radius 1 is 1.43 bits per heavy atom. The molecule has 8 heteroatoms. The van der Waals surface area contributed by atoms with Crippen LogP contribution in [0.1, 0.15) is 15.9 Å². The second-order valence-electron chi connectivity index (χ2n) is 4.22. The molecule has 2 rings (SSSR count). The van der Waals surface area contributed by atoms with Gasteiger partial charge in [-0.05, 0) is 46.6 Å². The zero-order valence-corrected chi connectivity index (χ0v) is 13.1. The van der Waals surface area contributed by atoms with Crippen molar-refractivity contribution in [1.29, 1.82) is 0 Å². The van der Waals surface area contributed by atoms with Crippen molar-refractivity contribution in [3.63, 3.8) is 0 Å². The number of amides is 1. The van der Waals surface area contributed by atoms with Crippen LogP contribution in [-0.4, -0.2) is 15.8 Å². The van der Waals surface area contributed by atoms with Crippen molar-refractivity contribution < 1.29 is 9.72 Å². The van der Waals surface area contributed by atoms with E-state index in [1.165, 1.54) is 6.07 Å². The fraction of sp³-hybridized carbons (Fsp3) is 0.0769. The largest absolute Gasteiger partial charge is 0.321 e. The highest BCUT2D eigenvalue weighted by molar-refractivity contribution is 9.10. The SMILES string of the molecule is Cc1ccc(Br)c(NC(=O)c2cc(Cl)ncc2[N+](=O)[O-])c1. The zero-order chi connectivity index (χ0) is 15.6. The van der Waals surface area contributed by atoms with Crippen LogP contribution in [-0.2, 0) is 0 Å². The molecule has 1 amide bonds. The molecule has 0 atom stereocenters. The maximum Gasteiger partial charge on any atom is 0.300 e. The highest BCUT2D eigenvalue weighted by Crippen LogP contribution is 2.26. The summed E-state index contributed by atoms with van der Waals surface area (Å²) in [5.41, 5.74) is 0.909. The molecule has 0 bridgehead atoms. The molecule has 0 radical (unpaired) electrons. The number of nitro groups is 1. The van der Waals surface area contributed by atoms with E-state index in [1.807, 2.05) is 13.0 Å². The Kier molecular flexibility index (Phi) is 4.54. The van der Waals surface area contributed by atoms with Gasteiger partial charge in [-0.2, -0.15) is 0 Å². The van der Waals surface area contributed by atoms with Gasteiger partial charge in [0.1, 0.15) is 16.9 Å². The molecule has 2 aromatic rings. The van der Waals surface area contributed by atoms with E-state index in [9.17, 15) is 14.9 Å². The minimum absolute atomic E-state index is 0.00839. The number of carbonyl (C=O) groups excluding carboxylic acids is 1. The lowest BCUT2D eigenvalue weighted by Gasteiger charge is -2.08. The summed E-state index contributed by atoms with van der Waals surface area (Å²) in [5, 5.41) is 13.6. The van der Waals surface area contributed by atoms with Crippen molar-refractivity contribution in [3.8, 4) is 0 Å². The monoisotopic (exact) mass is 369 g/mol. The minimum atomic E-state index is -0.677. The lowest BCUT2D eigenvalue weighted by Crippen LogP contribution is -2.14. The minimum Gasteiger partial charge on any atom is -0.321 e. The van der Waals surface area contributed by atoms with Gasteiger partial charge < -0.3 is 5.32 Å². The van der Waals surface area contributed by atoms with Crippen LogP contribution in [0.2, 0.25) is 5.15 Å². The Morgan fingerprint density at radius 2 is 2.14 bits per heavy atom. The predicted octanol–water partition coefficient (Wildman–Crippen LogP) is 3.97. The van der Waals surface area contributed by atoms with E-state index < -0.39 is 16.5 Å². The van der Waals surface area contributed by atoms with E-state index >= 15 is 0 Å². The summed E-state index contributed by atoms with van der Waals surface area (Å²) in [5.74, 6) is -0.627. The molecule has 0 aliphatic carbocycles. The van der Waals surface area contributed by atoms with Crippen molar-refractivity contribution in [2.24, 2.45) is 0 Å². The molecule has 1 aromatic heterocycles. The van der Waals surface area contributed by atoms with E-state index in [-0.39, 0.29) is 10.7 Å². The van der Waals surface area contributed by atoms with Crippen molar-refractivity contribution in [3.05, 3.63) is 61.3 Å². The average molecular weight is 371 g/mol. The third-order valence-electron chi connectivity index (χ3n) is 2.66. The summed E-state index contributed by atoms with van der Waals surface area (Å²) in [6, 6.07) is 6.56. The third kappa shape index (κ3) is 3.56. The Bertz CT molecular complexity index is 737. The van der Waals surface area contributed by atoms with Crippen LogP contribution in [0.4, 0.5) is 11.4 Å². The van der Waals surface area contributed by atoms with Crippen LogP contribution in [0.25, 0.3) is 0 Å². The molecule has 0 aliphatic rings. The summed E-state index contributed by atoms with van der Waals surface area (Å²) in [7, 11) is 0. The number of aryl methyl sites for hydroxylation is 1. The van der Waals surface area contributed by atoms with Crippen LogP contribution < -0.4 is 5.32 Å². The predicted molar refractivity (Wildman–Crippen MR) is 82.7 cm³/mol. The molecular weight excluding hydrogens is 362 g/mol. The first kappa shape index (κ1) is 15.4. The van der Waals surface area contributed by atoms with Gasteiger partial charge in [0.15, 0.2) is 0 Å². The Hall–Kier alpha value is -1.99. The van der Waals surface area contributed by atoms with Crippen LogP contribution in [0.15, 0.2) is 34.9 Å². The number of hydrogen-bond acceptors (Lipinski definition) is 4. The maximum absolute atomic E-state index is 12.2. The highest BCUT2D eigenvalue weighted by atomic mass is 79.9. The maximum atomic E-state index is 12.2. The van der Waals surface area contributed by atoms with Crippen molar-refractivity contribution in [2.75, 3.05) is 5.32 Å². The molecule has 0 saturated carbocycles. The number of benzene rings is 1. The van der Waals surface area contributed by atoms with E-state index in [4.69, 9.17) is 11.6 Å². The van der Waals surface area contributed by atoms with Gasteiger partial charge in [-0.25, -0.2) is 4.98 Å². The Balaban J connectivity index is 2.39. The van der Waals surface area contributed by atoms with E-state index in [0.29, 0.717) is 10.2 Å².